The molecule has 0 N–H and O–H groups in total. The molecule has 3 atom stereocenters. The summed E-state index contributed by atoms with van der Waals surface area (Å²) in [6.07, 6.45) is 8.18. The van der Waals surface area contributed by atoms with Crippen molar-refractivity contribution in [3.8, 4) is 0 Å². The predicted octanol–water partition coefficient (Wildman–Crippen LogP) is 4.08. The van der Waals surface area contributed by atoms with Crippen molar-refractivity contribution in [2.24, 2.45) is 17.8 Å². The van der Waals surface area contributed by atoms with Crippen LogP contribution in [0.3, 0.4) is 0 Å². The molecule has 0 aliphatic heterocycles. The molecule has 2 bridgehead atoms. The molecule has 3 rings (SSSR count). The van der Waals surface area contributed by atoms with Gasteiger partial charge in [-0.1, -0.05) is 12.5 Å². The van der Waals surface area contributed by atoms with E-state index in [1.54, 1.807) is 11.3 Å². The first-order valence-electron chi connectivity index (χ1n) is 6.85. The van der Waals surface area contributed by atoms with Crippen molar-refractivity contribution in [1.29, 1.82) is 0 Å². The molecule has 2 aliphatic carbocycles. The molecular formula is C15H20OS. The molecule has 0 amide bonds. The molecule has 3 unspecified atom stereocenters. The third kappa shape index (κ3) is 2.62. The summed E-state index contributed by atoms with van der Waals surface area (Å²) in [6.45, 7) is 0. The van der Waals surface area contributed by atoms with Gasteiger partial charge in [0.05, 0.1) is 0 Å². The Balaban J connectivity index is 1.44. The van der Waals surface area contributed by atoms with Crippen LogP contribution in [0.1, 0.15) is 43.4 Å². The maximum absolute atomic E-state index is 12.0. The molecule has 1 aromatic heterocycles. The van der Waals surface area contributed by atoms with E-state index in [0.29, 0.717) is 5.78 Å². The molecule has 0 spiro atoms. The second-order valence-corrected chi connectivity index (χ2v) is 6.79. The molecule has 2 aliphatic rings. The van der Waals surface area contributed by atoms with Gasteiger partial charge in [-0.3, -0.25) is 4.79 Å². The quantitative estimate of drug-likeness (QED) is 0.767. The zero-order valence-electron chi connectivity index (χ0n) is 10.2. The van der Waals surface area contributed by atoms with Gasteiger partial charge in [-0.2, -0.15) is 0 Å². The smallest absolute Gasteiger partial charge is 0.133 e. The molecular weight excluding hydrogens is 228 g/mol. The van der Waals surface area contributed by atoms with Crippen LogP contribution in [-0.2, 0) is 11.2 Å². The Labute approximate surface area is 107 Å². The largest absolute Gasteiger partial charge is 0.300 e. The van der Waals surface area contributed by atoms with Crippen LogP contribution >= 0.6 is 11.3 Å². The third-order valence-electron chi connectivity index (χ3n) is 4.60. The summed E-state index contributed by atoms with van der Waals surface area (Å²) in [5.74, 6) is 3.10. The summed E-state index contributed by atoms with van der Waals surface area (Å²) in [7, 11) is 0. The number of rotatable bonds is 5. The lowest BCUT2D eigenvalue weighted by molar-refractivity contribution is -0.120. The standard InChI is InChI=1S/C15H20OS/c16-14(5-6-15-2-1-7-17-15)10-13-9-11-3-4-12(13)8-11/h1-2,7,11-13H,3-6,8-10H2. The summed E-state index contributed by atoms with van der Waals surface area (Å²) < 4.78 is 0. The van der Waals surface area contributed by atoms with E-state index in [-0.39, 0.29) is 0 Å². The van der Waals surface area contributed by atoms with Crippen molar-refractivity contribution < 1.29 is 4.79 Å². The molecule has 17 heavy (non-hydrogen) atoms. The Morgan fingerprint density at radius 2 is 2.29 bits per heavy atom. The maximum Gasteiger partial charge on any atom is 0.133 e. The third-order valence-corrected chi connectivity index (χ3v) is 5.54. The molecule has 92 valence electrons. The number of hydrogen-bond donors (Lipinski definition) is 0. The van der Waals surface area contributed by atoms with E-state index in [9.17, 15) is 4.79 Å². The molecule has 2 heteroatoms. The van der Waals surface area contributed by atoms with Gasteiger partial charge >= 0.3 is 0 Å². The van der Waals surface area contributed by atoms with Gasteiger partial charge in [0.2, 0.25) is 0 Å². The molecule has 2 fully saturated rings. The Morgan fingerprint density at radius 3 is 2.94 bits per heavy atom. The van der Waals surface area contributed by atoms with Crippen LogP contribution < -0.4 is 0 Å². The highest BCUT2D eigenvalue weighted by Crippen LogP contribution is 2.49. The van der Waals surface area contributed by atoms with Gasteiger partial charge in [-0.05, 0) is 54.9 Å². The maximum atomic E-state index is 12.0. The normalized spacial score (nSPS) is 30.9. The minimum Gasteiger partial charge on any atom is -0.300 e. The van der Waals surface area contributed by atoms with Crippen LogP contribution in [0, 0.1) is 17.8 Å². The lowest BCUT2D eigenvalue weighted by Crippen LogP contribution is -2.15. The van der Waals surface area contributed by atoms with E-state index >= 15 is 0 Å². The summed E-state index contributed by atoms with van der Waals surface area (Å²) >= 11 is 1.77. The highest BCUT2D eigenvalue weighted by molar-refractivity contribution is 7.09. The zero-order chi connectivity index (χ0) is 11.7. The summed E-state index contributed by atoms with van der Waals surface area (Å²) in [4.78, 5) is 13.3. The summed E-state index contributed by atoms with van der Waals surface area (Å²) in [5, 5.41) is 2.09. The molecule has 0 saturated heterocycles. The average Bonchev–Trinajstić information content (AvgIpc) is 3.03. The van der Waals surface area contributed by atoms with E-state index in [2.05, 4.69) is 17.5 Å². The van der Waals surface area contributed by atoms with E-state index in [1.165, 1.54) is 30.6 Å². The first-order valence-corrected chi connectivity index (χ1v) is 7.73. The number of fused-ring (bicyclic) bond motifs is 2. The molecule has 1 aromatic rings. The van der Waals surface area contributed by atoms with Crippen molar-refractivity contribution >= 4 is 17.1 Å². The first-order chi connectivity index (χ1) is 8.31. The molecule has 0 aromatic carbocycles. The van der Waals surface area contributed by atoms with Gasteiger partial charge in [0.15, 0.2) is 0 Å². The lowest BCUT2D eigenvalue weighted by atomic mass is 9.84. The van der Waals surface area contributed by atoms with Crippen LogP contribution in [0.2, 0.25) is 0 Å². The van der Waals surface area contributed by atoms with Gasteiger partial charge < -0.3 is 0 Å². The second-order valence-electron chi connectivity index (χ2n) is 5.76. The number of carbonyl (C=O) groups is 1. The lowest BCUT2D eigenvalue weighted by Gasteiger charge is -2.20. The van der Waals surface area contributed by atoms with E-state index in [4.69, 9.17) is 0 Å². The number of carbonyl (C=O) groups excluding carboxylic acids is 1. The molecule has 1 nitrogen and oxygen atoms in total. The Morgan fingerprint density at radius 1 is 1.35 bits per heavy atom. The van der Waals surface area contributed by atoms with Crippen molar-refractivity contribution in [3.63, 3.8) is 0 Å². The minimum absolute atomic E-state index is 0.496. The molecule has 2 saturated carbocycles. The van der Waals surface area contributed by atoms with Gasteiger partial charge in [0.1, 0.15) is 5.78 Å². The van der Waals surface area contributed by atoms with Gasteiger partial charge in [0, 0.05) is 17.7 Å². The zero-order valence-corrected chi connectivity index (χ0v) is 11.0. The topological polar surface area (TPSA) is 17.1 Å². The summed E-state index contributed by atoms with van der Waals surface area (Å²) in [6, 6.07) is 4.20. The van der Waals surface area contributed by atoms with Gasteiger partial charge in [0.25, 0.3) is 0 Å². The fourth-order valence-electron chi connectivity index (χ4n) is 3.74. The van der Waals surface area contributed by atoms with E-state index in [0.717, 1.165) is 37.0 Å². The average molecular weight is 248 g/mol. The fraction of sp³-hybridized carbons (Fsp3) is 0.667. The Kier molecular flexibility index (Phi) is 3.32. The number of ketones is 1. The van der Waals surface area contributed by atoms with Crippen LogP contribution in [0.25, 0.3) is 0 Å². The fourth-order valence-corrected chi connectivity index (χ4v) is 4.45. The van der Waals surface area contributed by atoms with Crippen molar-refractivity contribution in [1.82, 2.24) is 0 Å². The van der Waals surface area contributed by atoms with Crippen molar-refractivity contribution in [2.45, 2.75) is 44.9 Å². The Bertz CT molecular complexity index is 382. The highest BCUT2D eigenvalue weighted by atomic mass is 32.1. The highest BCUT2D eigenvalue weighted by Gasteiger charge is 2.39. The second kappa shape index (κ2) is 4.93. The van der Waals surface area contributed by atoms with Crippen molar-refractivity contribution in [3.05, 3.63) is 22.4 Å². The van der Waals surface area contributed by atoms with Crippen LogP contribution in [-0.4, -0.2) is 5.78 Å². The van der Waals surface area contributed by atoms with Crippen LogP contribution in [0.5, 0.6) is 0 Å². The minimum atomic E-state index is 0.496. The number of hydrogen-bond acceptors (Lipinski definition) is 2. The number of aryl methyl sites for hydroxylation is 1. The monoisotopic (exact) mass is 248 g/mol. The number of thiophene rings is 1. The molecule has 0 radical (unpaired) electrons. The first kappa shape index (κ1) is 11.5. The van der Waals surface area contributed by atoms with Crippen LogP contribution in [0.4, 0.5) is 0 Å². The number of Topliss-reactive ketones (excluding diaryl/α,β-unsaturated/α-hetero) is 1. The van der Waals surface area contributed by atoms with Gasteiger partial charge in [-0.15, -0.1) is 11.3 Å². The Hall–Kier alpha value is -0.630. The predicted molar refractivity (Wildman–Crippen MR) is 71.2 cm³/mol. The van der Waals surface area contributed by atoms with Crippen molar-refractivity contribution in [2.75, 3.05) is 0 Å². The van der Waals surface area contributed by atoms with E-state index < -0.39 is 0 Å². The van der Waals surface area contributed by atoms with E-state index in [1.807, 2.05) is 0 Å². The summed E-state index contributed by atoms with van der Waals surface area (Å²) in [5.41, 5.74) is 0. The SMILES string of the molecule is O=C(CCc1cccs1)CC1CC2CCC1C2. The molecule has 1 heterocycles. The van der Waals surface area contributed by atoms with Crippen LogP contribution in [0.15, 0.2) is 17.5 Å². The van der Waals surface area contributed by atoms with Gasteiger partial charge in [-0.25, -0.2) is 0 Å².